The molecule has 1 aliphatic rings. The molecule has 0 saturated heterocycles. The molecule has 17 heavy (non-hydrogen) atoms. The SMILES string of the molecule is CC(CC(=O)O)Cc1nnc2n1CCCCC2. The van der Waals surface area contributed by atoms with E-state index in [0.717, 1.165) is 24.6 Å². The molecule has 0 fully saturated rings. The number of aliphatic carboxylic acids is 1. The lowest BCUT2D eigenvalue weighted by Gasteiger charge is -2.10. The molecule has 0 spiro atoms. The molecule has 1 N–H and O–H groups in total. The number of carboxylic acids is 1. The van der Waals surface area contributed by atoms with E-state index in [9.17, 15) is 4.79 Å². The smallest absolute Gasteiger partial charge is 0.303 e. The van der Waals surface area contributed by atoms with Gasteiger partial charge >= 0.3 is 5.97 Å². The molecule has 0 bridgehead atoms. The molecule has 2 heterocycles. The average molecular weight is 237 g/mol. The number of carbonyl (C=O) groups is 1. The average Bonchev–Trinajstić information content (AvgIpc) is 2.49. The van der Waals surface area contributed by atoms with Crippen LogP contribution in [0.5, 0.6) is 0 Å². The molecule has 5 nitrogen and oxygen atoms in total. The van der Waals surface area contributed by atoms with Crippen LogP contribution in [0.4, 0.5) is 0 Å². The second-order valence-corrected chi connectivity index (χ2v) is 4.90. The van der Waals surface area contributed by atoms with Gasteiger partial charge in [0.1, 0.15) is 11.6 Å². The van der Waals surface area contributed by atoms with Gasteiger partial charge in [0.25, 0.3) is 0 Å². The second-order valence-electron chi connectivity index (χ2n) is 4.90. The number of aryl methyl sites for hydroxylation is 1. The standard InChI is InChI=1S/C12H19N3O2/c1-9(8-12(16)17)7-11-14-13-10-5-3-2-4-6-15(10)11/h9H,2-8H2,1H3,(H,16,17). The Balaban J connectivity index is 2.06. The molecule has 1 unspecified atom stereocenters. The summed E-state index contributed by atoms with van der Waals surface area (Å²) < 4.78 is 2.19. The third-order valence-corrected chi connectivity index (χ3v) is 3.24. The molecule has 1 aromatic heterocycles. The van der Waals surface area contributed by atoms with Crippen molar-refractivity contribution >= 4 is 5.97 Å². The molecule has 0 radical (unpaired) electrons. The Bertz CT molecular complexity index is 400. The Labute approximate surface area is 101 Å². The van der Waals surface area contributed by atoms with Crippen LogP contribution < -0.4 is 0 Å². The Morgan fingerprint density at radius 2 is 2.24 bits per heavy atom. The lowest BCUT2D eigenvalue weighted by atomic mass is 10.0. The predicted octanol–water partition coefficient (Wildman–Crippen LogP) is 1.66. The van der Waals surface area contributed by atoms with Crippen molar-refractivity contribution in [1.82, 2.24) is 14.8 Å². The molecular formula is C12H19N3O2. The van der Waals surface area contributed by atoms with Crippen LogP contribution in [0, 0.1) is 5.92 Å². The maximum Gasteiger partial charge on any atom is 0.303 e. The van der Waals surface area contributed by atoms with Crippen LogP contribution in [0.3, 0.4) is 0 Å². The highest BCUT2D eigenvalue weighted by atomic mass is 16.4. The van der Waals surface area contributed by atoms with E-state index in [1.807, 2.05) is 6.92 Å². The van der Waals surface area contributed by atoms with Gasteiger partial charge in [-0.25, -0.2) is 0 Å². The van der Waals surface area contributed by atoms with Gasteiger partial charge in [-0.1, -0.05) is 13.3 Å². The number of hydrogen-bond donors (Lipinski definition) is 1. The fraction of sp³-hybridized carbons (Fsp3) is 0.750. The van der Waals surface area contributed by atoms with Crippen molar-refractivity contribution in [2.45, 2.75) is 52.0 Å². The zero-order chi connectivity index (χ0) is 12.3. The van der Waals surface area contributed by atoms with Crippen molar-refractivity contribution in [3.63, 3.8) is 0 Å². The largest absolute Gasteiger partial charge is 0.481 e. The number of nitrogens with zero attached hydrogens (tertiary/aromatic N) is 3. The summed E-state index contributed by atoms with van der Waals surface area (Å²) in [5, 5.41) is 17.2. The first-order valence-electron chi connectivity index (χ1n) is 6.29. The van der Waals surface area contributed by atoms with Crippen molar-refractivity contribution in [1.29, 1.82) is 0 Å². The molecule has 1 atom stereocenters. The first-order valence-corrected chi connectivity index (χ1v) is 6.29. The Kier molecular flexibility index (Phi) is 3.76. The summed E-state index contributed by atoms with van der Waals surface area (Å²) in [5.41, 5.74) is 0. The molecule has 1 aromatic rings. The quantitative estimate of drug-likeness (QED) is 0.864. The highest BCUT2D eigenvalue weighted by Crippen LogP contribution is 2.17. The van der Waals surface area contributed by atoms with Crippen LogP contribution in [0.25, 0.3) is 0 Å². The maximum absolute atomic E-state index is 10.6. The number of carboxylic acid groups (broad SMARTS) is 1. The Hall–Kier alpha value is -1.39. The molecule has 2 rings (SSSR count). The van der Waals surface area contributed by atoms with Crippen molar-refractivity contribution in [3.8, 4) is 0 Å². The zero-order valence-corrected chi connectivity index (χ0v) is 10.2. The van der Waals surface area contributed by atoms with E-state index >= 15 is 0 Å². The van der Waals surface area contributed by atoms with Gasteiger partial charge in [-0.15, -0.1) is 10.2 Å². The van der Waals surface area contributed by atoms with Gasteiger partial charge in [0, 0.05) is 25.8 Å². The minimum Gasteiger partial charge on any atom is -0.481 e. The van der Waals surface area contributed by atoms with Crippen LogP contribution in [0.15, 0.2) is 0 Å². The number of hydrogen-bond acceptors (Lipinski definition) is 3. The molecule has 94 valence electrons. The molecule has 0 aliphatic carbocycles. The van der Waals surface area contributed by atoms with E-state index in [1.165, 1.54) is 19.3 Å². The summed E-state index contributed by atoms with van der Waals surface area (Å²) in [6.45, 7) is 2.93. The minimum absolute atomic E-state index is 0.115. The highest BCUT2D eigenvalue weighted by Gasteiger charge is 2.17. The van der Waals surface area contributed by atoms with Crippen LogP contribution >= 0.6 is 0 Å². The first-order chi connectivity index (χ1) is 8.16. The monoisotopic (exact) mass is 237 g/mol. The van der Waals surface area contributed by atoms with E-state index in [0.29, 0.717) is 6.42 Å². The van der Waals surface area contributed by atoms with Gasteiger partial charge < -0.3 is 9.67 Å². The van der Waals surface area contributed by atoms with Crippen molar-refractivity contribution in [2.75, 3.05) is 0 Å². The molecule has 5 heteroatoms. The van der Waals surface area contributed by atoms with Crippen LogP contribution in [0.2, 0.25) is 0 Å². The minimum atomic E-state index is -0.742. The van der Waals surface area contributed by atoms with Crippen LogP contribution in [-0.4, -0.2) is 25.8 Å². The van der Waals surface area contributed by atoms with Crippen LogP contribution in [0.1, 0.15) is 44.3 Å². The van der Waals surface area contributed by atoms with Gasteiger partial charge in [0.2, 0.25) is 0 Å². The molecule has 0 aromatic carbocycles. The maximum atomic E-state index is 10.6. The lowest BCUT2D eigenvalue weighted by molar-refractivity contribution is -0.137. The number of aromatic nitrogens is 3. The van der Waals surface area contributed by atoms with E-state index in [1.54, 1.807) is 0 Å². The van der Waals surface area contributed by atoms with Crippen molar-refractivity contribution in [2.24, 2.45) is 5.92 Å². The first kappa shape index (κ1) is 12.1. The third kappa shape index (κ3) is 3.05. The van der Waals surface area contributed by atoms with Gasteiger partial charge in [-0.2, -0.15) is 0 Å². The van der Waals surface area contributed by atoms with Crippen molar-refractivity contribution < 1.29 is 9.90 Å². The van der Waals surface area contributed by atoms with Crippen LogP contribution in [-0.2, 0) is 24.2 Å². The summed E-state index contributed by atoms with van der Waals surface area (Å²) in [7, 11) is 0. The number of rotatable bonds is 4. The fourth-order valence-corrected chi connectivity index (χ4v) is 2.38. The summed E-state index contributed by atoms with van der Waals surface area (Å²) in [6, 6.07) is 0. The predicted molar refractivity (Wildman–Crippen MR) is 62.7 cm³/mol. The molecule has 0 amide bonds. The summed E-state index contributed by atoms with van der Waals surface area (Å²) in [4.78, 5) is 10.6. The number of fused-ring (bicyclic) bond motifs is 1. The van der Waals surface area contributed by atoms with Crippen molar-refractivity contribution in [3.05, 3.63) is 11.6 Å². The van der Waals surface area contributed by atoms with Gasteiger partial charge in [-0.05, 0) is 18.8 Å². The molecular weight excluding hydrogens is 218 g/mol. The Morgan fingerprint density at radius 3 is 3.00 bits per heavy atom. The topological polar surface area (TPSA) is 68.0 Å². The summed E-state index contributed by atoms with van der Waals surface area (Å²) in [5.74, 6) is 1.40. The molecule has 1 aliphatic heterocycles. The van der Waals surface area contributed by atoms with Gasteiger partial charge in [0.15, 0.2) is 0 Å². The van der Waals surface area contributed by atoms with Gasteiger partial charge in [0.05, 0.1) is 0 Å². The highest BCUT2D eigenvalue weighted by molar-refractivity contribution is 5.66. The molecule has 0 saturated carbocycles. The summed E-state index contributed by atoms with van der Waals surface area (Å²) in [6.07, 6.45) is 5.50. The second kappa shape index (κ2) is 5.29. The van der Waals surface area contributed by atoms with Gasteiger partial charge in [-0.3, -0.25) is 4.79 Å². The normalized spacial score (nSPS) is 17.2. The lowest BCUT2D eigenvalue weighted by Crippen LogP contribution is -2.12. The fourth-order valence-electron chi connectivity index (χ4n) is 2.38. The van der Waals surface area contributed by atoms with E-state index in [2.05, 4.69) is 14.8 Å². The van der Waals surface area contributed by atoms with E-state index in [-0.39, 0.29) is 12.3 Å². The van der Waals surface area contributed by atoms with E-state index in [4.69, 9.17) is 5.11 Å². The summed E-state index contributed by atoms with van der Waals surface area (Å²) >= 11 is 0. The zero-order valence-electron chi connectivity index (χ0n) is 10.2. The Morgan fingerprint density at radius 1 is 1.41 bits per heavy atom. The third-order valence-electron chi connectivity index (χ3n) is 3.24. The van der Waals surface area contributed by atoms with E-state index < -0.39 is 5.97 Å².